The first kappa shape index (κ1) is 16.0. The van der Waals surface area contributed by atoms with Crippen LogP contribution in [0.4, 0.5) is 0 Å². The average molecular weight is 270 g/mol. The minimum absolute atomic E-state index is 0.0119. The molecule has 0 spiro atoms. The average Bonchev–Trinajstić information content (AvgIpc) is 2.31. The van der Waals surface area contributed by atoms with E-state index in [1.54, 1.807) is 25.9 Å². The number of rotatable bonds is 5. The maximum Gasteiger partial charge on any atom is 0.246 e. The van der Waals surface area contributed by atoms with E-state index in [4.69, 9.17) is 4.74 Å². The molecule has 5 heteroatoms. The van der Waals surface area contributed by atoms with Crippen LogP contribution in [0, 0.1) is 5.92 Å². The quantitative estimate of drug-likeness (QED) is 0.816. The molecule has 0 aromatic carbocycles. The fourth-order valence-electron chi connectivity index (χ4n) is 2.26. The van der Waals surface area contributed by atoms with Crippen LogP contribution in [0.5, 0.6) is 0 Å². The summed E-state index contributed by atoms with van der Waals surface area (Å²) < 4.78 is 5.22. The molecular weight excluding hydrogens is 244 g/mol. The van der Waals surface area contributed by atoms with Crippen molar-refractivity contribution in [1.82, 2.24) is 10.2 Å². The van der Waals surface area contributed by atoms with Crippen LogP contribution >= 0.6 is 0 Å². The molecule has 110 valence electrons. The van der Waals surface area contributed by atoms with Crippen molar-refractivity contribution >= 4 is 11.8 Å². The SMILES string of the molecule is COC(C)CN1C(=O)C(CC(C)C)NC(=O)C1(C)C. The smallest absolute Gasteiger partial charge is 0.246 e. The summed E-state index contributed by atoms with van der Waals surface area (Å²) in [6.07, 6.45) is 0.576. The lowest BCUT2D eigenvalue weighted by atomic mass is 9.92. The predicted octanol–water partition coefficient (Wildman–Crippen LogP) is 1.17. The third-order valence-electron chi connectivity index (χ3n) is 3.65. The van der Waals surface area contributed by atoms with Gasteiger partial charge in [0.15, 0.2) is 0 Å². The summed E-state index contributed by atoms with van der Waals surface area (Å²) in [5.74, 6) is 0.250. The molecule has 2 unspecified atom stereocenters. The Balaban J connectivity index is 2.93. The van der Waals surface area contributed by atoms with E-state index < -0.39 is 11.6 Å². The number of nitrogens with one attached hydrogen (secondary N) is 1. The molecular formula is C14H26N2O3. The maximum atomic E-state index is 12.5. The Hall–Kier alpha value is -1.10. The third-order valence-corrected chi connectivity index (χ3v) is 3.65. The molecule has 1 aliphatic rings. The van der Waals surface area contributed by atoms with Crippen LogP contribution in [0.3, 0.4) is 0 Å². The van der Waals surface area contributed by atoms with Gasteiger partial charge in [0.25, 0.3) is 0 Å². The van der Waals surface area contributed by atoms with Crippen LogP contribution < -0.4 is 5.32 Å². The Morgan fingerprint density at radius 1 is 1.32 bits per heavy atom. The van der Waals surface area contributed by atoms with Gasteiger partial charge in [-0.3, -0.25) is 9.59 Å². The van der Waals surface area contributed by atoms with Crippen molar-refractivity contribution in [1.29, 1.82) is 0 Å². The van der Waals surface area contributed by atoms with E-state index in [-0.39, 0.29) is 17.9 Å². The van der Waals surface area contributed by atoms with Gasteiger partial charge in [0.2, 0.25) is 11.8 Å². The Kier molecular flexibility index (Phi) is 4.96. The van der Waals surface area contributed by atoms with Gasteiger partial charge in [0, 0.05) is 13.7 Å². The normalized spacial score (nSPS) is 24.6. The van der Waals surface area contributed by atoms with Gasteiger partial charge in [-0.25, -0.2) is 0 Å². The monoisotopic (exact) mass is 270 g/mol. The van der Waals surface area contributed by atoms with Crippen LogP contribution in [-0.2, 0) is 14.3 Å². The molecule has 5 nitrogen and oxygen atoms in total. The van der Waals surface area contributed by atoms with Crippen LogP contribution in [-0.4, -0.2) is 48.1 Å². The highest BCUT2D eigenvalue weighted by Gasteiger charge is 2.46. The molecule has 1 heterocycles. The standard InChI is InChI=1S/C14H26N2O3/c1-9(2)7-11-12(17)16(8-10(3)19-6)14(4,5)13(18)15-11/h9-11H,7-8H2,1-6H3,(H,15,18). The highest BCUT2D eigenvalue weighted by atomic mass is 16.5. The molecule has 0 aliphatic carbocycles. The molecule has 2 amide bonds. The molecule has 0 saturated carbocycles. The van der Waals surface area contributed by atoms with E-state index in [2.05, 4.69) is 5.32 Å². The predicted molar refractivity (Wildman–Crippen MR) is 73.6 cm³/mol. The van der Waals surface area contributed by atoms with Crippen LogP contribution in [0.15, 0.2) is 0 Å². The summed E-state index contributed by atoms with van der Waals surface area (Å²) in [5.41, 5.74) is -0.822. The van der Waals surface area contributed by atoms with Crippen LogP contribution in [0.25, 0.3) is 0 Å². The molecule has 1 saturated heterocycles. The van der Waals surface area contributed by atoms with Gasteiger partial charge in [-0.05, 0) is 33.1 Å². The summed E-state index contributed by atoms with van der Waals surface area (Å²) in [5, 5.41) is 2.84. The van der Waals surface area contributed by atoms with Gasteiger partial charge in [-0.15, -0.1) is 0 Å². The molecule has 1 N–H and O–H groups in total. The Bertz CT molecular complexity index is 353. The van der Waals surface area contributed by atoms with E-state index in [1.807, 2.05) is 20.8 Å². The van der Waals surface area contributed by atoms with Crippen LogP contribution in [0.1, 0.15) is 41.0 Å². The van der Waals surface area contributed by atoms with Gasteiger partial charge in [-0.1, -0.05) is 13.8 Å². The Morgan fingerprint density at radius 3 is 2.37 bits per heavy atom. The number of ether oxygens (including phenoxy) is 1. The number of piperazine rings is 1. The second-order valence-electron chi connectivity index (χ2n) is 6.21. The first-order valence-corrected chi connectivity index (χ1v) is 6.85. The minimum Gasteiger partial charge on any atom is -0.380 e. The van der Waals surface area contributed by atoms with Crippen molar-refractivity contribution in [2.75, 3.05) is 13.7 Å². The molecule has 1 fully saturated rings. The van der Waals surface area contributed by atoms with Gasteiger partial charge in [0.05, 0.1) is 6.10 Å². The zero-order chi connectivity index (χ0) is 14.8. The van der Waals surface area contributed by atoms with Gasteiger partial charge in [0.1, 0.15) is 11.6 Å². The minimum atomic E-state index is -0.822. The van der Waals surface area contributed by atoms with E-state index in [0.717, 1.165) is 0 Å². The molecule has 0 aromatic heterocycles. The maximum absolute atomic E-state index is 12.5. The zero-order valence-corrected chi connectivity index (χ0v) is 12.8. The number of hydrogen-bond acceptors (Lipinski definition) is 3. The lowest BCUT2D eigenvalue weighted by molar-refractivity contribution is -0.157. The fraction of sp³-hybridized carbons (Fsp3) is 0.857. The molecule has 1 aliphatic heterocycles. The van der Waals surface area contributed by atoms with Crippen LogP contribution in [0.2, 0.25) is 0 Å². The highest BCUT2D eigenvalue weighted by molar-refractivity contribution is 5.99. The molecule has 2 atom stereocenters. The molecule has 1 rings (SSSR count). The Morgan fingerprint density at radius 2 is 1.89 bits per heavy atom. The largest absolute Gasteiger partial charge is 0.380 e. The fourth-order valence-corrected chi connectivity index (χ4v) is 2.26. The molecule has 0 aromatic rings. The van der Waals surface area contributed by atoms with E-state index in [1.165, 1.54) is 0 Å². The number of carbonyl (C=O) groups is 2. The first-order chi connectivity index (χ1) is 8.70. The van der Waals surface area contributed by atoms with E-state index in [0.29, 0.717) is 18.9 Å². The number of carbonyl (C=O) groups excluding carboxylic acids is 2. The van der Waals surface area contributed by atoms with Gasteiger partial charge < -0.3 is 15.0 Å². The molecule has 19 heavy (non-hydrogen) atoms. The number of amides is 2. The topological polar surface area (TPSA) is 58.6 Å². The summed E-state index contributed by atoms with van der Waals surface area (Å²) in [6, 6.07) is -0.412. The van der Waals surface area contributed by atoms with Gasteiger partial charge >= 0.3 is 0 Å². The van der Waals surface area contributed by atoms with Crippen molar-refractivity contribution in [3.63, 3.8) is 0 Å². The molecule has 0 bridgehead atoms. The number of methoxy groups -OCH3 is 1. The van der Waals surface area contributed by atoms with Gasteiger partial charge in [-0.2, -0.15) is 0 Å². The molecule has 0 radical (unpaired) electrons. The van der Waals surface area contributed by atoms with Crippen molar-refractivity contribution in [2.24, 2.45) is 5.92 Å². The number of hydrogen-bond donors (Lipinski definition) is 1. The first-order valence-electron chi connectivity index (χ1n) is 6.85. The zero-order valence-electron chi connectivity index (χ0n) is 12.8. The lowest BCUT2D eigenvalue weighted by Gasteiger charge is -2.45. The lowest BCUT2D eigenvalue weighted by Crippen LogP contribution is -2.69. The third kappa shape index (κ3) is 3.47. The van der Waals surface area contributed by atoms with E-state index >= 15 is 0 Å². The highest BCUT2D eigenvalue weighted by Crippen LogP contribution is 2.24. The van der Waals surface area contributed by atoms with E-state index in [9.17, 15) is 9.59 Å². The summed E-state index contributed by atoms with van der Waals surface area (Å²) >= 11 is 0. The van der Waals surface area contributed by atoms with Crippen molar-refractivity contribution < 1.29 is 14.3 Å². The van der Waals surface area contributed by atoms with Crippen molar-refractivity contribution in [3.8, 4) is 0 Å². The number of nitrogens with zero attached hydrogens (tertiary/aromatic N) is 1. The van der Waals surface area contributed by atoms with Crippen molar-refractivity contribution in [3.05, 3.63) is 0 Å². The second-order valence-corrected chi connectivity index (χ2v) is 6.21. The van der Waals surface area contributed by atoms with Crippen molar-refractivity contribution in [2.45, 2.75) is 58.7 Å². The summed E-state index contributed by atoms with van der Waals surface area (Å²) in [6.45, 7) is 9.96. The Labute approximate surface area is 115 Å². The second kappa shape index (κ2) is 5.90. The summed E-state index contributed by atoms with van der Waals surface area (Å²) in [4.78, 5) is 26.4. The summed E-state index contributed by atoms with van der Waals surface area (Å²) in [7, 11) is 1.61.